The highest BCUT2D eigenvalue weighted by molar-refractivity contribution is 6.42. The minimum Gasteiger partial charge on any atom is -0.454 e. The molecular formula is C32H20Cl2N4O3. The third kappa shape index (κ3) is 4.97. The fourth-order valence-electron chi connectivity index (χ4n) is 4.71. The van der Waals surface area contributed by atoms with E-state index in [-0.39, 0.29) is 12.7 Å². The number of halogens is 2. The molecule has 5 aromatic carbocycles. The predicted octanol–water partition coefficient (Wildman–Crippen LogP) is 8.48. The molecule has 0 saturated heterocycles. The standard InChI is InChI=1S/C32H20Cl2N4O3/c33-25-10-7-21(14-26(25)34)32(39)36-22-8-11-27-24(15-22)31(35-23-9-12-28-29(16-23)41-17-40-28)38-30(37-27)20-6-5-18-3-1-2-4-19(18)13-20/h1-16H,17H2,(H,36,39)(H,35,37,38). The number of aromatic nitrogens is 2. The van der Waals surface area contributed by atoms with Crippen molar-refractivity contribution in [2.45, 2.75) is 0 Å². The van der Waals surface area contributed by atoms with Crippen LogP contribution in [0.5, 0.6) is 11.5 Å². The van der Waals surface area contributed by atoms with Crippen LogP contribution in [-0.2, 0) is 0 Å². The van der Waals surface area contributed by atoms with E-state index in [0.717, 1.165) is 27.4 Å². The van der Waals surface area contributed by atoms with Crippen molar-refractivity contribution in [3.8, 4) is 22.9 Å². The average Bonchev–Trinajstić information content (AvgIpc) is 3.46. The number of hydrogen-bond acceptors (Lipinski definition) is 6. The Hall–Kier alpha value is -4.85. The molecule has 6 aromatic rings. The number of rotatable bonds is 5. The zero-order valence-electron chi connectivity index (χ0n) is 21.3. The number of nitrogens with one attached hydrogen (secondary N) is 2. The lowest BCUT2D eigenvalue weighted by molar-refractivity contribution is 0.102. The molecule has 2 heterocycles. The summed E-state index contributed by atoms with van der Waals surface area (Å²) in [6, 6.07) is 30.2. The molecule has 1 aromatic heterocycles. The van der Waals surface area contributed by atoms with Crippen LogP contribution in [0.3, 0.4) is 0 Å². The van der Waals surface area contributed by atoms with Crippen molar-refractivity contribution in [1.82, 2.24) is 9.97 Å². The van der Waals surface area contributed by atoms with Crippen LogP contribution in [0.2, 0.25) is 10.0 Å². The van der Waals surface area contributed by atoms with Gasteiger partial charge in [-0.1, -0.05) is 59.6 Å². The quantitative estimate of drug-likeness (QED) is 0.213. The lowest BCUT2D eigenvalue weighted by Crippen LogP contribution is -2.12. The van der Waals surface area contributed by atoms with E-state index in [2.05, 4.69) is 34.9 Å². The van der Waals surface area contributed by atoms with Gasteiger partial charge in [-0.3, -0.25) is 4.79 Å². The molecule has 7 rings (SSSR count). The van der Waals surface area contributed by atoms with Crippen LogP contribution in [0.1, 0.15) is 10.4 Å². The van der Waals surface area contributed by atoms with Gasteiger partial charge in [0.2, 0.25) is 6.79 Å². The van der Waals surface area contributed by atoms with Gasteiger partial charge in [0.1, 0.15) is 5.82 Å². The smallest absolute Gasteiger partial charge is 0.255 e. The Morgan fingerprint density at radius 3 is 2.44 bits per heavy atom. The van der Waals surface area contributed by atoms with Crippen molar-refractivity contribution in [2.75, 3.05) is 17.4 Å². The summed E-state index contributed by atoms with van der Waals surface area (Å²) in [6.45, 7) is 0.184. The molecule has 0 spiro atoms. The van der Waals surface area contributed by atoms with Crippen LogP contribution in [-0.4, -0.2) is 22.7 Å². The van der Waals surface area contributed by atoms with Crippen molar-refractivity contribution in [1.29, 1.82) is 0 Å². The SMILES string of the molecule is O=C(Nc1ccc2nc(-c3ccc4ccccc4c3)nc(Nc3ccc4c(c3)OCO4)c2c1)c1ccc(Cl)c(Cl)c1. The topological polar surface area (TPSA) is 85.4 Å². The molecule has 0 fully saturated rings. The first-order valence-electron chi connectivity index (χ1n) is 12.7. The van der Waals surface area contributed by atoms with Gasteiger partial charge in [-0.25, -0.2) is 9.97 Å². The highest BCUT2D eigenvalue weighted by Gasteiger charge is 2.16. The number of fused-ring (bicyclic) bond motifs is 3. The van der Waals surface area contributed by atoms with Gasteiger partial charge >= 0.3 is 0 Å². The van der Waals surface area contributed by atoms with E-state index >= 15 is 0 Å². The molecule has 0 bridgehead atoms. The van der Waals surface area contributed by atoms with E-state index in [9.17, 15) is 4.79 Å². The number of ether oxygens (including phenoxy) is 2. The van der Waals surface area contributed by atoms with Crippen LogP contribution >= 0.6 is 23.2 Å². The first-order chi connectivity index (χ1) is 20.0. The predicted molar refractivity (Wildman–Crippen MR) is 163 cm³/mol. The Kier molecular flexibility index (Phi) is 6.30. The molecule has 0 unspecified atom stereocenters. The number of hydrogen-bond donors (Lipinski definition) is 2. The third-order valence-electron chi connectivity index (χ3n) is 6.78. The average molecular weight is 579 g/mol. The number of carbonyl (C=O) groups excluding carboxylic acids is 1. The molecule has 2 N–H and O–H groups in total. The first kappa shape index (κ1) is 25.1. The Balaban J connectivity index is 1.30. The number of anilines is 3. The number of amides is 1. The van der Waals surface area contributed by atoms with Gasteiger partial charge in [0.15, 0.2) is 17.3 Å². The van der Waals surface area contributed by atoms with Gasteiger partial charge in [0.05, 0.1) is 15.6 Å². The molecule has 7 nitrogen and oxygen atoms in total. The van der Waals surface area contributed by atoms with Crippen molar-refractivity contribution >= 4 is 68.0 Å². The molecular weight excluding hydrogens is 559 g/mol. The lowest BCUT2D eigenvalue weighted by atomic mass is 10.1. The summed E-state index contributed by atoms with van der Waals surface area (Å²) in [5.74, 6) is 2.16. The summed E-state index contributed by atoms with van der Waals surface area (Å²) in [6.07, 6.45) is 0. The van der Waals surface area contributed by atoms with Crippen LogP contribution in [0.15, 0.2) is 97.1 Å². The number of benzene rings is 5. The van der Waals surface area contributed by atoms with Gasteiger partial charge in [-0.15, -0.1) is 0 Å². The second-order valence-corrected chi connectivity index (χ2v) is 10.3. The Morgan fingerprint density at radius 1 is 0.732 bits per heavy atom. The highest BCUT2D eigenvalue weighted by Crippen LogP contribution is 2.37. The molecule has 9 heteroatoms. The van der Waals surface area contributed by atoms with Gasteiger partial charge < -0.3 is 20.1 Å². The van der Waals surface area contributed by atoms with Crippen LogP contribution < -0.4 is 20.1 Å². The Labute approximate surface area is 244 Å². The summed E-state index contributed by atoms with van der Waals surface area (Å²) in [5, 5.41) is 9.99. The van der Waals surface area contributed by atoms with E-state index in [0.29, 0.717) is 50.0 Å². The van der Waals surface area contributed by atoms with Crippen LogP contribution in [0, 0.1) is 0 Å². The maximum absolute atomic E-state index is 13.0. The molecule has 0 atom stereocenters. The molecule has 1 aliphatic rings. The van der Waals surface area contributed by atoms with E-state index in [1.807, 2.05) is 48.5 Å². The Morgan fingerprint density at radius 2 is 1.56 bits per heavy atom. The lowest BCUT2D eigenvalue weighted by Gasteiger charge is -2.14. The van der Waals surface area contributed by atoms with Gasteiger partial charge in [-0.2, -0.15) is 0 Å². The molecule has 0 radical (unpaired) electrons. The number of carbonyl (C=O) groups is 1. The van der Waals surface area contributed by atoms with Crippen LogP contribution in [0.4, 0.5) is 17.2 Å². The molecule has 200 valence electrons. The molecule has 0 aliphatic carbocycles. The maximum Gasteiger partial charge on any atom is 0.255 e. The molecule has 1 amide bonds. The zero-order valence-corrected chi connectivity index (χ0v) is 22.8. The molecule has 0 saturated carbocycles. The zero-order chi connectivity index (χ0) is 27.9. The third-order valence-corrected chi connectivity index (χ3v) is 7.52. The van der Waals surface area contributed by atoms with Crippen LogP contribution in [0.25, 0.3) is 33.1 Å². The summed E-state index contributed by atoms with van der Waals surface area (Å²) in [4.78, 5) is 22.8. The monoisotopic (exact) mass is 578 g/mol. The van der Waals surface area contributed by atoms with Gasteiger partial charge in [-0.05, 0) is 65.4 Å². The summed E-state index contributed by atoms with van der Waals surface area (Å²) < 4.78 is 11.0. The van der Waals surface area contributed by atoms with E-state index < -0.39 is 0 Å². The van der Waals surface area contributed by atoms with Crippen molar-refractivity contribution < 1.29 is 14.3 Å². The maximum atomic E-state index is 13.0. The fraction of sp³-hybridized carbons (Fsp3) is 0.0312. The highest BCUT2D eigenvalue weighted by atomic mass is 35.5. The second kappa shape index (κ2) is 10.3. The van der Waals surface area contributed by atoms with E-state index in [4.69, 9.17) is 42.6 Å². The van der Waals surface area contributed by atoms with Crippen molar-refractivity contribution in [3.05, 3.63) is 113 Å². The summed E-state index contributed by atoms with van der Waals surface area (Å²) in [7, 11) is 0. The minimum atomic E-state index is -0.318. The Bertz CT molecular complexity index is 2000. The van der Waals surface area contributed by atoms with Gasteiger partial charge in [0, 0.05) is 34.0 Å². The van der Waals surface area contributed by atoms with Gasteiger partial charge in [0.25, 0.3) is 5.91 Å². The van der Waals surface area contributed by atoms with E-state index in [1.165, 1.54) is 6.07 Å². The minimum absolute atomic E-state index is 0.184. The molecule has 1 aliphatic heterocycles. The van der Waals surface area contributed by atoms with Crippen molar-refractivity contribution in [3.63, 3.8) is 0 Å². The second-order valence-electron chi connectivity index (χ2n) is 9.47. The first-order valence-corrected chi connectivity index (χ1v) is 13.5. The van der Waals surface area contributed by atoms with Crippen molar-refractivity contribution in [2.24, 2.45) is 0 Å². The summed E-state index contributed by atoms with van der Waals surface area (Å²) >= 11 is 12.1. The molecule has 41 heavy (non-hydrogen) atoms. The number of nitrogens with zero attached hydrogens (tertiary/aromatic N) is 2. The fourth-order valence-corrected chi connectivity index (χ4v) is 5.01. The largest absolute Gasteiger partial charge is 0.454 e. The normalized spacial score (nSPS) is 12.0. The summed E-state index contributed by atoms with van der Waals surface area (Å²) in [5.41, 5.74) is 3.32. The van der Waals surface area contributed by atoms with E-state index in [1.54, 1.807) is 18.2 Å².